The van der Waals surface area contributed by atoms with E-state index in [2.05, 4.69) is 13.5 Å². The summed E-state index contributed by atoms with van der Waals surface area (Å²) in [5, 5.41) is 0. The molecule has 202 valence electrons. The van der Waals surface area contributed by atoms with Crippen molar-refractivity contribution in [3.8, 4) is 11.5 Å². The zero-order chi connectivity index (χ0) is 26.7. The van der Waals surface area contributed by atoms with Gasteiger partial charge in [-0.3, -0.25) is 0 Å². The van der Waals surface area contributed by atoms with Crippen LogP contribution in [0, 0.1) is 0 Å². The molecule has 0 aromatic heterocycles. The Hall–Kier alpha value is -3.08. The fourth-order valence-corrected chi connectivity index (χ4v) is 3.97. The van der Waals surface area contributed by atoms with E-state index in [0.717, 1.165) is 44.3 Å². The minimum absolute atomic E-state index is 0.119. The van der Waals surface area contributed by atoms with Crippen LogP contribution in [0.5, 0.6) is 11.5 Å². The minimum Gasteiger partial charge on any atom is -0.494 e. The van der Waals surface area contributed by atoms with E-state index in [1.807, 2.05) is 13.0 Å². The molecule has 0 N–H and O–H groups in total. The molecular formula is C32H44O5. The molecule has 1 unspecified atom stereocenters. The van der Waals surface area contributed by atoms with Gasteiger partial charge in [-0.05, 0) is 87.6 Å². The molecule has 0 heterocycles. The van der Waals surface area contributed by atoms with Crippen molar-refractivity contribution in [2.45, 2.75) is 97.0 Å². The largest absolute Gasteiger partial charge is 0.494 e. The highest BCUT2D eigenvalue weighted by atomic mass is 16.5. The Morgan fingerprint density at radius 1 is 0.757 bits per heavy atom. The average molecular weight is 509 g/mol. The molecule has 5 heteroatoms. The van der Waals surface area contributed by atoms with Crippen LogP contribution in [0.15, 0.2) is 61.2 Å². The summed E-state index contributed by atoms with van der Waals surface area (Å²) in [6.07, 6.45) is 15.6. The Morgan fingerprint density at radius 3 is 1.97 bits per heavy atom. The first-order chi connectivity index (χ1) is 18.0. The van der Waals surface area contributed by atoms with Gasteiger partial charge in [0.1, 0.15) is 11.5 Å². The molecule has 37 heavy (non-hydrogen) atoms. The van der Waals surface area contributed by atoms with E-state index in [1.165, 1.54) is 38.5 Å². The van der Waals surface area contributed by atoms with Gasteiger partial charge in [-0.25, -0.2) is 9.59 Å². The SMILES string of the molecule is C=CCCCCCCCCOc1ccc(C(=O)Oc2ccc(C(=O)OC(C)CCCCCC)cc2)cc1. The van der Waals surface area contributed by atoms with Crippen LogP contribution in [0.25, 0.3) is 0 Å². The summed E-state index contributed by atoms with van der Waals surface area (Å²) >= 11 is 0. The van der Waals surface area contributed by atoms with E-state index in [9.17, 15) is 9.59 Å². The molecule has 0 spiro atoms. The zero-order valence-electron chi connectivity index (χ0n) is 22.7. The molecule has 0 amide bonds. The van der Waals surface area contributed by atoms with Crippen molar-refractivity contribution in [3.63, 3.8) is 0 Å². The van der Waals surface area contributed by atoms with E-state index < -0.39 is 5.97 Å². The molecular weight excluding hydrogens is 464 g/mol. The maximum Gasteiger partial charge on any atom is 0.343 e. The lowest BCUT2D eigenvalue weighted by Gasteiger charge is -2.13. The predicted octanol–water partition coefficient (Wildman–Crippen LogP) is 8.72. The molecule has 0 saturated carbocycles. The fraction of sp³-hybridized carbons (Fsp3) is 0.500. The van der Waals surface area contributed by atoms with Crippen LogP contribution in [0.3, 0.4) is 0 Å². The smallest absolute Gasteiger partial charge is 0.343 e. The Labute approximate surface area is 223 Å². The van der Waals surface area contributed by atoms with Gasteiger partial charge in [-0.2, -0.15) is 0 Å². The third kappa shape index (κ3) is 12.6. The average Bonchev–Trinajstić information content (AvgIpc) is 2.91. The van der Waals surface area contributed by atoms with Crippen molar-refractivity contribution in [2.24, 2.45) is 0 Å². The molecule has 0 aliphatic carbocycles. The molecule has 2 aromatic carbocycles. The summed E-state index contributed by atoms with van der Waals surface area (Å²) in [7, 11) is 0. The number of benzene rings is 2. The first kappa shape index (κ1) is 30.1. The second kappa shape index (κ2) is 18.2. The van der Waals surface area contributed by atoms with E-state index in [0.29, 0.717) is 23.5 Å². The predicted molar refractivity (Wildman–Crippen MR) is 149 cm³/mol. The molecule has 0 radical (unpaired) electrons. The van der Waals surface area contributed by atoms with Gasteiger partial charge < -0.3 is 14.2 Å². The highest BCUT2D eigenvalue weighted by Crippen LogP contribution is 2.18. The van der Waals surface area contributed by atoms with Crippen LogP contribution in [0.2, 0.25) is 0 Å². The van der Waals surface area contributed by atoms with Gasteiger partial charge in [0.2, 0.25) is 0 Å². The molecule has 2 aromatic rings. The van der Waals surface area contributed by atoms with Crippen LogP contribution >= 0.6 is 0 Å². The highest BCUT2D eigenvalue weighted by Gasteiger charge is 2.13. The number of esters is 2. The number of ether oxygens (including phenoxy) is 3. The molecule has 0 fully saturated rings. The summed E-state index contributed by atoms with van der Waals surface area (Å²) in [4.78, 5) is 24.9. The van der Waals surface area contributed by atoms with Crippen LogP contribution in [-0.2, 0) is 4.74 Å². The lowest BCUT2D eigenvalue weighted by Crippen LogP contribution is -2.15. The molecule has 2 rings (SSSR count). The highest BCUT2D eigenvalue weighted by molar-refractivity contribution is 5.92. The van der Waals surface area contributed by atoms with Gasteiger partial charge in [0.15, 0.2) is 0 Å². The van der Waals surface area contributed by atoms with Gasteiger partial charge in [0.25, 0.3) is 0 Å². The molecule has 0 bridgehead atoms. The van der Waals surface area contributed by atoms with E-state index in [1.54, 1.807) is 48.5 Å². The van der Waals surface area contributed by atoms with Crippen molar-refractivity contribution in [1.29, 1.82) is 0 Å². The van der Waals surface area contributed by atoms with Crippen LogP contribution in [0.4, 0.5) is 0 Å². The fourth-order valence-electron chi connectivity index (χ4n) is 3.97. The second-order valence-electron chi connectivity index (χ2n) is 9.55. The van der Waals surface area contributed by atoms with E-state index in [-0.39, 0.29) is 12.1 Å². The number of allylic oxidation sites excluding steroid dienone is 1. The van der Waals surface area contributed by atoms with Crippen molar-refractivity contribution in [3.05, 3.63) is 72.3 Å². The first-order valence-electron chi connectivity index (χ1n) is 13.9. The Bertz CT molecular complexity index is 917. The summed E-state index contributed by atoms with van der Waals surface area (Å²) in [5.41, 5.74) is 0.877. The van der Waals surface area contributed by atoms with Crippen molar-refractivity contribution in [1.82, 2.24) is 0 Å². The lowest BCUT2D eigenvalue weighted by molar-refractivity contribution is 0.0319. The monoisotopic (exact) mass is 508 g/mol. The number of hydrogen-bond acceptors (Lipinski definition) is 5. The summed E-state index contributed by atoms with van der Waals surface area (Å²) < 4.78 is 16.8. The van der Waals surface area contributed by atoms with Crippen molar-refractivity contribution in [2.75, 3.05) is 6.61 Å². The van der Waals surface area contributed by atoms with E-state index in [4.69, 9.17) is 14.2 Å². The topological polar surface area (TPSA) is 61.8 Å². The molecule has 0 aliphatic heterocycles. The third-order valence-electron chi connectivity index (χ3n) is 6.23. The van der Waals surface area contributed by atoms with Crippen molar-refractivity contribution < 1.29 is 23.8 Å². The maximum absolute atomic E-state index is 12.5. The van der Waals surface area contributed by atoms with Gasteiger partial charge in [0, 0.05) is 0 Å². The third-order valence-corrected chi connectivity index (χ3v) is 6.23. The van der Waals surface area contributed by atoms with Gasteiger partial charge >= 0.3 is 11.9 Å². The van der Waals surface area contributed by atoms with Crippen molar-refractivity contribution >= 4 is 11.9 Å². The van der Waals surface area contributed by atoms with Crippen LogP contribution < -0.4 is 9.47 Å². The van der Waals surface area contributed by atoms with Gasteiger partial charge in [0.05, 0.1) is 23.8 Å². The summed E-state index contributed by atoms with van der Waals surface area (Å²) in [6, 6.07) is 13.4. The van der Waals surface area contributed by atoms with E-state index >= 15 is 0 Å². The number of hydrogen-bond donors (Lipinski definition) is 0. The normalized spacial score (nSPS) is 11.5. The Balaban J connectivity index is 1.70. The minimum atomic E-state index is -0.459. The summed E-state index contributed by atoms with van der Waals surface area (Å²) in [6.45, 7) is 8.51. The van der Waals surface area contributed by atoms with Gasteiger partial charge in [-0.1, -0.05) is 57.9 Å². The number of carbonyl (C=O) groups is 2. The second-order valence-corrected chi connectivity index (χ2v) is 9.55. The summed E-state index contributed by atoms with van der Waals surface area (Å²) in [5.74, 6) is 0.294. The first-order valence-corrected chi connectivity index (χ1v) is 13.9. The molecule has 5 nitrogen and oxygen atoms in total. The number of unbranched alkanes of at least 4 members (excludes halogenated alkanes) is 9. The molecule has 0 aliphatic rings. The number of rotatable bonds is 19. The molecule has 0 saturated heterocycles. The Morgan fingerprint density at radius 2 is 1.32 bits per heavy atom. The lowest BCUT2D eigenvalue weighted by atomic mass is 10.1. The zero-order valence-corrected chi connectivity index (χ0v) is 22.7. The Kier molecular flexibility index (Phi) is 14.8. The number of carbonyl (C=O) groups excluding carboxylic acids is 2. The van der Waals surface area contributed by atoms with Crippen LogP contribution in [0.1, 0.15) is 112 Å². The van der Waals surface area contributed by atoms with Gasteiger partial charge in [-0.15, -0.1) is 6.58 Å². The standard InChI is InChI=1S/C32H44O5/c1-4-6-8-10-11-12-13-15-25-35-29-21-17-28(18-22-29)32(34)37-30-23-19-27(20-24-30)31(33)36-26(3)16-14-9-7-5-2/h4,17-24,26H,1,5-16,25H2,2-3H3. The quantitative estimate of drug-likeness (QED) is 0.0821. The van der Waals surface area contributed by atoms with Crippen LogP contribution in [-0.4, -0.2) is 24.6 Å². The maximum atomic E-state index is 12.5. The molecule has 1 atom stereocenters.